The van der Waals surface area contributed by atoms with Crippen molar-refractivity contribution in [3.05, 3.63) is 47.7 Å². The van der Waals surface area contributed by atoms with Crippen LogP contribution in [0.2, 0.25) is 0 Å². The smallest absolute Gasteiger partial charge is 0.0774 e. The molecule has 1 heterocycles. The quantitative estimate of drug-likeness (QED) is 0.906. The average Bonchev–Trinajstić information content (AvgIpc) is 2.53. The van der Waals surface area contributed by atoms with Crippen molar-refractivity contribution in [1.29, 1.82) is 0 Å². The summed E-state index contributed by atoms with van der Waals surface area (Å²) in [5.41, 5.74) is 9.68. The summed E-state index contributed by atoms with van der Waals surface area (Å²) in [6, 6.07) is 10.5. The Labute approximate surface area is 120 Å². The van der Waals surface area contributed by atoms with E-state index in [1.165, 1.54) is 48.6 Å². The van der Waals surface area contributed by atoms with E-state index in [1.54, 1.807) is 0 Å². The lowest BCUT2D eigenvalue weighted by atomic mass is 9.83. The summed E-state index contributed by atoms with van der Waals surface area (Å²) in [4.78, 5) is 4.53. The van der Waals surface area contributed by atoms with Gasteiger partial charge in [0.15, 0.2) is 0 Å². The van der Waals surface area contributed by atoms with Gasteiger partial charge in [-0.25, -0.2) is 0 Å². The summed E-state index contributed by atoms with van der Waals surface area (Å²) < 4.78 is 0. The molecule has 1 saturated carbocycles. The van der Waals surface area contributed by atoms with E-state index in [9.17, 15) is 0 Å². The number of hydrogen-bond donors (Lipinski definition) is 1. The second-order valence-electron chi connectivity index (χ2n) is 5.68. The third kappa shape index (κ3) is 2.75. The van der Waals surface area contributed by atoms with Gasteiger partial charge < -0.3 is 5.73 Å². The highest BCUT2D eigenvalue weighted by atomic mass is 14.6. The van der Waals surface area contributed by atoms with Gasteiger partial charge in [-0.15, -0.1) is 0 Å². The first kappa shape index (κ1) is 13.3. The molecule has 0 unspecified atom stereocenters. The summed E-state index contributed by atoms with van der Waals surface area (Å²) >= 11 is 0. The Morgan fingerprint density at radius 3 is 2.75 bits per heavy atom. The fourth-order valence-corrected chi connectivity index (χ4v) is 3.26. The van der Waals surface area contributed by atoms with Crippen molar-refractivity contribution in [2.24, 2.45) is 11.7 Å². The lowest BCUT2D eigenvalue weighted by molar-refractivity contribution is 0.401. The lowest BCUT2D eigenvalue weighted by Gasteiger charge is -2.24. The van der Waals surface area contributed by atoms with E-state index in [0.717, 1.165) is 5.52 Å². The molecule has 0 amide bonds. The van der Waals surface area contributed by atoms with E-state index in [1.807, 2.05) is 12.3 Å². The summed E-state index contributed by atoms with van der Waals surface area (Å²) in [5, 5.41) is 1.20. The van der Waals surface area contributed by atoms with Gasteiger partial charge in [0, 0.05) is 23.7 Å². The van der Waals surface area contributed by atoms with Gasteiger partial charge >= 0.3 is 0 Å². The second-order valence-corrected chi connectivity index (χ2v) is 5.68. The van der Waals surface area contributed by atoms with Crippen LogP contribution < -0.4 is 5.73 Å². The molecule has 1 aliphatic carbocycles. The number of hydrogen-bond acceptors (Lipinski definition) is 2. The van der Waals surface area contributed by atoms with E-state index in [4.69, 9.17) is 5.73 Å². The van der Waals surface area contributed by atoms with E-state index in [2.05, 4.69) is 35.3 Å². The van der Waals surface area contributed by atoms with Crippen molar-refractivity contribution < 1.29 is 0 Å². The largest absolute Gasteiger partial charge is 0.327 e. The van der Waals surface area contributed by atoms with Crippen LogP contribution in [-0.2, 0) is 0 Å². The highest BCUT2D eigenvalue weighted by molar-refractivity contribution is 5.87. The molecule has 1 aromatic heterocycles. The minimum Gasteiger partial charge on any atom is -0.327 e. The molecule has 1 aromatic carbocycles. The van der Waals surface area contributed by atoms with Gasteiger partial charge in [-0.1, -0.05) is 55.2 Å². The Hall–Kier alpha value is -1.67. The van der Waals surface area contributed by atoms with Crippen LogP contribution in [0.3, 0.4) is 0 Å². The molecule has 0 radical (unpaired) electrons. The van der Waals surface area contributed by atoms with Crippen molar-refractivity contribution in [2.75, 3.05) is 6.54 Å². The normalized spacial score (nSPS) is 17.6. The first-order valence-corrected chi connectivity index (χ1v) is 7.63. The van der Waals surface area contributed by atoms with Crippen molar-refractivity contribution in [2.45, 2.75) is 32.1 Å². The summed E-state index contributed by atoms with van der Waals surface area (Å²) in [6.45, 7) is 0.661. The van der Waals surface area contributed by atoms with Crippen LogP contribution in [0.5, 0.6) is 0 Å². The topological polar surface area (TPSA) is 38.9 Å². The highest BCUT2D eigenvalue weighted by Gasteiger charge is 2.17. The summed E-state index contributed by atoms with van der Waals surface area (Å²) in [7, 11) is 0. The average molecular weight is 266 g/mol. The molecule has 0 saturated heterocycles. The van der Waals surface area contributed by atoms with Gasteiger partial charge in [0.25, 0.3) is 0 Å². The van der Waals surface area contributed by atoms with Crippen molar-refractivity contribution in [3.63, 3.8) is 0 Å². The first-order chi connectivity index (χ1) is 9.88. The standard InChI is InChI=1S/C18H22N2/c19-13-17(14-6-2-1-3-7-14)12-16-9-4-8-15-10-5-11-20-18(15)16/h4-5,8-12,14H,1-3,6-7,13,19H2/b17-12-. The van der Waals surface area contributed by atoms with E-state index < -0.39 is 0 Å². The van der Waals surface area contributed by atoms with E-state index in [-0.39, 0.29) is 0 Å². The number of pyridine rings is 1. The number of fused-ring (bicyclic) bond motifs is 1. The van der Waals surface area contributed by atoms with Gasteiger partial charge in [-0.2, -0.15) is 0 Å². The number of benzene rings is 1. The molecule has 1 aliphatic rings. The molecule has 2 heteroatoms. The third-order valence-electron chi connectivity index (χ3n) is 4.37. The number of rotatable bonds is 3. The summed E-state index contributed by atoms with van der Waals surface area (Å²) in [6.07, 6.45) is 10.8. The molecular weight excluding hydrogens is 244 g/mol. The molecule has 0 spiro atoms. The minimum absolute atomic E-state index is 0.661. The second kappa shape index (κ2) is 6.19. The van der Waals surface area contributed by atoms with Crippen LogP contribution in [0.4, 0.5) is 0 Å². The lowest BCUT2D eigenvalue weighted by Crippen LogP contribution is -2.16. The van der Waals surface area contributed by atoms with Gasteiger partial charge in [0.2, 0.25) is 0 Å². The molecule has 2 nitrogen and oxygen atoms in total. The van der Waals surface area contributed by atoms with Gasteiger partial charge in [-0.05, 0) is 24.8 Å². The Morgan fingerprint density at radius 1 is 1.15 bits per heavy atom. The Bertz CT molecular complexity index is 604. The number of para-hydroxylation sites is 1. The van der Waals surface area contributed by atoms with Crippen molar-refractivity contribution in [1.82, 2.24) is 4.98 Å². The third-order valence-corrected chi connectivity index (χ3v) is 4.37. The van der Waals surface area contributed by atoms with Gasteiger partial charge in [0.05, 0.1) is 5.52 Å². The molecule has 3 rings (SSSR count). The van der Waals surface area contributed by atoms with Crippen LogP contribution in [-0.4, -0.2) is 11.5 Å². The molecule has 0 bridgehead atoms. The highest BCUT2D eigenvalue weighted by Crippen LogP contribution is 2.31. The van der Waals surface area contributed by atoms with Crippen molar-refractivity contribution >= 4 is 17.0 Å². The molecule has 0 atom stereocenters. The fourth-order valence-electron chi connectivity index (χ4n) is 3.26. The SMILES string of the molecule is NC/C(=C/c1cccc2cccnc12)C1CCCCC1. The number of aromatic nitrogens is 1. The summed E-state index contributed by atoms with van der Waals surface area (Å²) in [5.74, 6) is 0.674. The Kier molecular flexibility index (Phi) is 4.12. The zero-order valence-electron chi connectivity index (χ0n) is 11.9. The molecule has 2 aromatic rings. The van der Waals surface area contributed by atoms with Crippen LogP contribution >= 0.6 is 0 Å². The zero-order chi connectivity index (χ0) is 13.8. The van der Waals surface area contributed by atoms with Crippen LogP contribution in [0.1, 0.15) is 37.7 Å². The molecule has 2 N–H and O–H groups in total. The maximum absolute atomic E-state index is 6.01. The van der Waals surface area contributed by atoms with Crippen LogP contribution in [0, 0.1) is 5.92 Å². The van der Waals surface area contributed by atoms with Crippen LogP contribution in [0.15, 0.2) is 42.1 Å². The predicted octanol–water partition coefficient (Wildman–Crippen LogP) is 4.16. The molecule has 0 aliphatic heterocycles. The van der Waals surface area contributed by atoms with E-state index >= 15 is 0 Å². The monoisotopic (exact) mass is 266 g/mol. The Morgan fingerprint density at radius 2 is 1.95 bits per heavy atom. The molecule has 104 valence electrons. The fraction of sp³-hybridized carbons (Fsp3) is 0.389. The molecular formula is C18H22N2. The molecule has 20 heavy (non-hydrogen) atoms. The van der Waals surface area contributed by atoms with Crippen LogP contribution in [0.25, 0.3) is 17.0 Å². The zero-order valence-corrected chi connectivity index (χ0v) is 11.9. The first-order valence-electron chi connectivity index (χ1n) is 7.63. The maximum Gasteiger partial charge on any atom is 0.0774 e. The van der Waals surface area contributed by atoms with Gasteiger partial charge in [0.1, 0.15) is 0 Å². The molecule has 1 fully saturated rings. The van der Waals surface area contributed by atoms with Crippen molar-refractivity contribution in [3.8, 4) is 0 Å². The van der Waals surface area contributed by atoms with E-state index in [0.29, 0.717) is 12.5 Å². The minimum atomic E-state index is 0.661. The predicted molar refractivity (Wildman–Crippen MR) is 85.3 cm³/mol. The van der Waals surface area contributed by atoms with Gasteiger partial charge in [-0.3, -0.25) is 4.98 Å². The Balaban J connectivity index is 1.98. The number of nitrogens with two attached hydrogens (primary N) is 1. The maximum atomic E-state index is 6.01. The number of nitrogens with zero attached hydrogens (tertiary/aromatic N) is 1.